The summed E-state index contributed by atoms with van der Waals surface area (Å²) < 4.78 is 7.75. The van der Waals surface area contributed by atoms with E-state index in [1.54, 1.807) is 30.3 Å². The fourth-order valence-electron chi connectivity index (χ4n) is 2.60. The van der Waals surface area contributed by atoms with Gasteiger partial charge in [-0.05, 0) is 25.2 Å². The number of hydrogen-bond acceptors (Lipinski definition) is 6. The zero-order valence-corrected chi connectivity index (χ0v) is 12.4. The van der Waals surface area contributed by atoms with E-state index in [2.05, 4.69) is 32.2 Å². The Kier molecular flexibility index (Phi) is 3.98. The van der Waals surface area contributed by atoms with Gasteiger partial charge in [0.1, 0.15) is 12.4 Å². The predicted octanol–water partition coefficient (Wildman–Crippen LogP) is 2.06. The number of nitrogens with one attached hydrogen (secondary N) is 1. The highest BCUT2D eigenvalue weighted by Gasteiger charge is 2.24. The number of aromatic nitrogens is 5. The molecule has 2 heterocycles. The van der Waals surface area contributed by atoms with Gasteiger partial charge in [0, 0.05) is 19.4 Å². The minimum Gasteiger partial charge on any atom is -0.460 e. The van der Waals surface area contributed by atoms with E-state index in [1.165, 1.54) is 19.3 Å². The Bertz CT molecular complexity index is 585. The largest absolute Gasteiger partial charge is 0.460 e. The quantitative estimate of drug-likeness (QED) is 0.927. The van der Waals surface area contributed by atoms with E-state index in [9.17, 15) is 0 Å². The molecule has 7 nitrogen and oxygen atoms in total. The van der Waals surface area contributed by atoms with E-state index < -0.39 is 0 Å². The molecule has 0 bridgehead atoms. The van der Waals surface area contributed by atoms with Gasteiger partial charge < -0.3 is 10.1 Å². The Morgan fingerprint density at radius 1 is 1.24 bits per heavy atom. The summed E-state index contributed by atoms with van der Waals surface area (Å²) in [7, 11) is 1.78. The molecule has 2 aromatic rings. The van der Waals surface area contributed by atoms with Crippen LogP contribution in [0.25, 0.3) is 5.95 Å². The van der Waals surface area contributed by atoms with Gasteiger partial charge in [0.2, 0.25) is 11.9 Å². The Labute approximate surface area is 123 Å². The molecule has 1 N–H and O–H groups in total. The number of imidazole rings is 1. The van der Waals surface area contributed by atoms with Gasteiger partial charge in [0.25, 0.3) is 0 Å². The van der Waals surface area contributed by atoms with E-state index in [4.69, 9.17) is 4.74 Å². The van der Waals surface area contributed by atoms with Crippen molar-refractivity contribution in [3.05, 3.63) is 18.7 Å². The van der Waals surface area contributed by atoms with Crippen LogP contribution in [0.4, 0.5) is 5.95 Å². The number of rotatable bonds is 4. The Hall–Kier alpha value is -2.18. The molecule has 1 saturated carbocycles. The first-order valence-electron chi connectivity index (χ1n) is 7.35. The lowest BCUT2D eigenvalue weighted by Crippen LogP contribution is -2.29. The lowest BCUT2D eigenvalue weighted by atomic mass is 9.88. The zero-order valence-electron chi connectivity index (χ0n) is 12.4. The first kappa shape index (κ1) is 13.8. The van der Waals surface area contributed by atoms with Crippen molar-refractivity contribution >= 4 is 5.95 Å². The van der Waals surface area contributed by atoms with Crippen LogP contribution < -0.4 is 10.1 Å². The average Bonchev–Trinajstić information content (AvgIpc) is 3.04. The molecular weight excluding hydrogens is 268 g/mol. The van der Waals surface area contributed by atoms with Crippen LogP contribution in [0.5, 0.6) is 6.01 Å². The third kappa shape index (κ3) is 3.12. The first-order valence-corrected chi connectivity index (χ1v) is 7.35. The van der Waals surface area contributed by atoms with Gasteiger partial charge in [0.05, 0.1) is 0 Å². The van der Waals surface area contributed by atoms with E-state index in [0.717, 1.165) is 6.42 Å². The molecule has 1 fully saturated rings. The summed E-state index contributed by atoms with van der Waals surface area (Å²) in [6.07, 6.45) is 10.1. The average molecular weight is 288 g/mol. The summed E-state index contributed by atoms with van der Waals surface area (Å²) in [5.41, 5.74) is 0. The van der Waals surface area contributed by atoms with Crippen LogP contribution in [-0.2, 0) is 0 Å². The third-order valence-electron chi connectivity index (χ3n) is 3.85. The number of anilines is 1. The monoisotopic (exact) mass is 288 g/mol. The molecule has 0 radical (unpaired) electrons. The van der Waals surface area contributed by atoms with Crippen LogP contribution in [0.3, 0.4) is 0 Å². The summed E-state index contributed by atoms with van der Waals surface area (Å²) >= 11 is 0. The Morgan fingerprint density at radius 3 is 2.81 bits per heavy atom. The molecule has 0 spiro atoms. The standard InChI is InChI=1S/C14H20N6O/c1-10-5-3-4-6-11(10)21-14-18-12(15-2)17-13(19-14)20-8-7-16-9-20/h7-11H,3-6H2,1-2H3,(H,15,17,18,19). The minimum atomic E-state index is 0.182. The van der Waals surface area contributed by atoms with Crippen molar-refractivity contribution in [2.24, 2.45) is 5.92 Å². The molecule has 1 aliphatic rings. The molecule has 2 unspecified atom stereocenters. The summed E-state index contributed by atoms with van der Waals surface area (Å²) in [5, 5.41) is 2.94. The fraction of sp³-hybridized carbons (Fsp3) is 0.571. The summed E-state index contributed by atoms with van der Waals surface area (Å²) in [6.45, 7) is 2.22. The van der Waals surface area contributed by atoms with Crippen molar-refractivity contribution in [1.82, 2.24) is 24.5 Å². The van der Waals surface area contributed by atoms with Crippen LogP contribution in [0, 0.1) is 5.92 Å². The Balaban J connectivity index is 1.85. The molecule has 3 rings (SSSR count). The highest BCUT2D eigenvalue weighted by Crippen LogP contribution is 2.27. The lowest BCUT2D eigenvalue weighted by Gasteiger charge is -2.28. The van der Waals surface area contributed by atoms with E-state index in [1.807, 2.05) is 0 Å². The van der Waals surface area contributed by atoms with Gasteiger partial charge in [0.15, 0.2) is 0 Å². The maximum atomic E-state index is 6.01. The van der Waals surface area contributed by atoms with Gasteiger partial charge in [-0.1, -0.05) is 13.3 Å². The number of hydrogen-bond donors (Lipinski definition) is 1. The molecule has 2 atom stereocenters. The topological polar surface area (TPSA) is 77.8 Å². The molecule has 7 heteroatoms. The number of ether oxygens (including phenoxy) is 1. The van der Waals surface area contributed by atoms with Crippen LogP contribution in [0.1, 0.15) is 32.6 Å². The highest BCUT2D eigenvalue weighted by atomic mass is 16.5. The van der Waals surface area contributed by atoms with Gasteiger partial charge in [-0.25, -0.2) is 4.98 Å². The molecule has 0 amide bonds. The summed E-state index contributed by atoms with van der Waals surface area (Å²) in [4.78, 5) is 17.0. The van der Waals surface area contributed by atoms with Crippen molar-refractivity contribution in [1.29, 1.82) is 0 Å². The van der Waals surface area contributed by atoms with Crippen LogP contribution in [-0.4, -0.2) is 37.7 Å². The SMILES string of the molecule is CNc1nc(OC2CCCCC2C)nc(-n2ccnc2)n1. The molecule has 1 aliphatic carbocycles. The van der Waals surface area contributed by atoms with E-state index in [0.29, 0.717) is 23.8 Å². The van der Waals surface area contributed by atoms with Crippen LogP contribution in [0.15, 0.2) is 18.7 Å². The predicted molar refractivity (Wildman–Crippen MR) is 78.5 cm³/mol. The molecule has 0 saturated heterocycles. The lowest BCUT2D eigenvalue weighted by molar-refractivity contribution is 0.0921. The maximum Gasteiger partial charge on any atom is 0.323 e. The molecule has 112 valence electrons. The van der Waals surface area contributed by atoms with Crippen molar-refractivity contribution in [3.63, 3.8) is 0 Å². The van der Waals surface area contributed by atoms with Crippen molar-refractivity contribution in [2.75, 3.05) is 12.4 Å². The van der Waals surface area contributed by atoms with Crippen LogP contribution in [0.2, 0.25) is 0 Å². The van der Waals surface area contributed by atoms with E-state index in [-0.39, 0.29) is 6.10 Å². The smallest absolute Gasteiger partial charge is 0.323 e. The third-order valence-corrected chi connectivity index (χ3v) is 3.85. The second-order valence-electron chi connectivity index (χ2n) is 5.38. The summed E-state index contributed by atoms with van der Waals surface area (Å²) in [5.74, 6) is 1.53. The molecule has 21 heavy (non-hydrogen) atoms. The highest BCUT2D eigenvalue weighted by molar-refractivity contribution is 5.29. The molecular formula is C14H20N6O. The normalized spacial score (nSPS) is 22.0. The minimum absolute atomic E-state index is 0.182. The van der Waals surface area contributed by atoms with Gasteiger partial charge >= 0.3 is 6.01 Å². The second kappa shape index (κ2) is 6.07. The Morgan fingerprint density at radius 2 is 2.10 bits per heavy atom. The van der Waals surface area contributed by atoms with Crippen molar-refractivity contribution in [3.8, 4) is 12.0 Å². The number of nitrogens with zero attached hydrogens (tertiary/aromatic N) is 5. The van der Waals surface area contributed by atoms with Gasteiger partial charge in [-0.15, -0.1) is 0 Å². The van der Waals surface area contributed by atoms with Crippen molar-refractivity contribution in [2.45, 2.75) is 38.7 Å². The molecule has 2 aromatic heterocycles. The first-order chi connectivity index (χ1) is 10.3. The van der Waals surface area contributed by atoms with Gasteiger partial charge in [-0.2, -0.15) is 15.0 Å². The zero-order chi connectivity index (χ0) is 14.7. The second-order valence-corrected chi connectivity index (χ2v) is 5.38. The molecule has 0 aromatic carbocycles. The van der Waals surface area contributed by atoms with Gasteiger partial charge in [-0.3, -0.25) is 4.57 Å². The summed E-state index contributed by atoms with van der Waals surface area (Å²) in [6, 6.07) is 0.372. The van der Waals surface area contributed by atoms with E-state index >= 15 is 0 Å². The van der Waals surface area contributed by atoms with Crippen LogP contribution >= 0.6 is 0 Å². The maximum absolute atomic E-state index is 6.01. The fourth-order valence-corrected chi connectivity index (χ4v) is 2.60. The molecule has 0 aliphatic heterocycles. The van der Waals surface area contributed by atoms with Crippen molar-refractivity contribution < 1.29 is 4.74 Å².